The van der Waals surface area contributed by atoms with E-state index in [0.29, 0.717) is 11.7 Å². The van der Waals surface area contributed by atoms with E-state index >= 15 is 0 Å². The number of aromatic hydroxyl groups is 1. The van der Waals surface area contributed by atoms with E-state index in [4.69, 9.17) is 11.6 Å². The van der Waals surface area contributed by atoms with Gasteiger partial charge in [-0.05, 0) is 53.8 Å². The third kappa shape index (κ3) is 1.91. The highest BCUT2D eigenvalue weighted by Crippen LogP contribution is 2.39. The van der Waals surface area contributed by atoms with Crippen LogP contribution in [0.4, 0.5) is 0 Å². The van der Waals surface area contributed by atoms with E-state index in [0.717, 1.165) is 17.9 Å². The summed E-state index contributed by atoms with van der Waals surface area (Å²) >= 11 is 6.00. The Bertz CT molecular complexity index is 545. The number of hydrogen-bond donors (Lipinski definition) is 1. The fraction of sp³-hybridized carbons (Fsp3) is 0.200. The number of phenols is 1. The second-order valence-electron chi connectivity index (χ2n) is 4.53. The van der Waals surface area contributed by atoms with Gasteiger partial charge in [0, 0.05) is 10.9 Å². The maximum absolute atomic E-state index is 9.31. The molecule has 0 aromatic heterocycles. The molecule has 0 saturated carbocycles. The molecule has 1 aliphatic carbocycles. The van der Waals surface area contributed by atoms with E-state index in [9.17, 15) is 5.11 Å². The maximum atomic E-state index is 9.31. The summed E-state index contributed by atoms with van der Waals surface area (Å²) in [6, 6.07) is 13.7. The van der Waals surface area contributed by atoms with Gasteiger partial charge in [0.15, 0.2) is 0 Å². The van der Waals surface area contributed by atoms with Crippen molar-refractivity contribution in [2.24, 2.45) is 0 Å². The van der Waals surface area contributed by atoms with Crippen molar-refractivity contribution in [2.75, 3.05) is 0 Å². The molecular formula is C15H13ClO. The molecule has 1 unspecified atom stereocenters. The summed E-state index contributed by atoms with van der Waals surface area (Å²) in [5.74, 6) is 0.769. The zero-order valence-electron chi connectivity index (χ0n) is 9.36. The number of benzene rings is 2. The van der Waals surface area contributed by atoms with E-state index in [-0.39, 0.29) is 0 Å². The fourth-order valence-electron chi connectivity index (χ4n) is 2.64. The first-order valence-corrected chi connectivity index (χ1v) is 6.19. The average Bonchev–Trinajstić information content (AvgIpc) is 2.73. The van der Waals surface area contributed by atoms with Crippen LogP contribution in [0.25, 0.3) is 0 Å². The van der Waals surface area contributed by atoms with Crippen LogP contribution in [-0.2, 0) is 6.42 Å². The topological polar surface area (TPSA) is 20.2 Å². The average molecular weight is 245 g/mol. The minimum Gasteiger partial charge on any atom is -0.508 e. The summed E-state index contributed by atoms with van der Waals surface area (Å²) in [4.78, 5) is 0. The first-order chi connectivity index (χ1) is 8.24. The lowest BCUT2D eigenvalue weighted by atomic mass is 9.93. The SMILES string of the molecule is Oc1ccc(C2CCc3cc(Cl)ccc32)cc1. The van der Waals surface area contributed by atoms with Gasteiger partial charge in [0.2, 0.25) is 0 Å². The molecule has 1 N–H and O–H groups in total. The van der Waals surface area contributed by atoms with Crippen molar-refractivity contribution in [3.05, 3.63) is 64.2 Å². The second-order valence-corrected chi connectivity index (χ2v) is 4.96. The Labute approximate surface area is 106 Å². The molecule has 3 rings (SSSR count). The van der Waals surface area contributed by atoms with Crippen LogP contribution in [0.1, 0.15) is 29.0 Å². The Morgan fingerprint density at radius 2 is 1.82 bits per heavy atom. The summed E-state index contributed by atoms with van der Waals surface area (Å²) in [6.45, 7) is 0. The summed E-state index contributed by atoms with van der Waals surface area (Å²) in [7, 11) is 0. The largest absolute Gasteiger partial charge is 0.508 e. The molecule has 2 aromatic carbocycles. The highest BCUT2D eigenvalue weighted by Gasteiger charge is 2.23. The van der Waals surface area contributed by atoms with Crippen LogP contribution in [-0.4, -0.2) is 5.11 Å². The summed E-state index contributed by atoms with van der Waals surface area (Å²) in [5.41, 5.74) is 4.00. The van der Waals surface area contributed by atoms with E-state index in [2.05, 4.69) is 12.1 Å². The monoisotopic (exact) mass is 244 g/mol. The van der Waals surface area contributed by atoms with Crippen LogP contribution in [0.3, 0.4) is 0 Å². The minimum atomic E-state index is 0.322. The zero-order valence-corrected chi connectivity index (χ0v) is 10.1. The number of rotatable bonds is 1. The lowest BCUT2D eigenvalue weighted by Gasteiger charge is -2.12. The van der Waals surface area contributed by atoms with Crippen molar-refractivity contribution < 1.29 is 5.11 Å². The lowest BCUT2D eigenvalue weighted by molar-refractivity contribution is 0.475. The van der Waals surface area contributed by atoms with E-state index in [1.165, 1.54) is 16.7 Å². The molecule has 0 spiro atoms. The lowest BCUT2D eigenvalue weighted by Crippen LogP contribution is -1.95. The third-order valence-electron chi connectivity index (χ3n) is 3.48. The Hall–Kier alpha value is -1.47. The molecule has 0 bridgehead atoms. The van der Waals surface area contributed by atoms with Gasteiger partial charge >= 0.3 is 0 Å². The van der Waals surface area contributed by atoms with Crippen LogP contribution in [0.2, 0.25) is 5.02 Å². The Balaban J connectivity index is 2.01. The molecule has 2 aromatic rings. The molecule has 0 fully saturated rings. The fourth-order valence-corrected chi connectivity index (χ4v) is 2.83. The van der Waals surface area contributed by atoms with Gasteiger partial charge in [-0.1, -0.05) is 29.8 Å². The standard InChI is InChI=1S/C15H13ClO/c16-12-4-8-15-11(9-12)3-7-14(15)10-1-5-13(17)6-2-10/h1-2,4-6,8-9,14,17H,3,7H2. The molecular weight excluding hydrogens is 232 g/mol. The summed E-state index contributed by atoms with van der Waals surface area (Å²) in [6.07, 6.45) is 2.21. The molecule has 1 atom stereocenters. The highest BCUT2D eigenvalue weighted by atomic mass is 35.5. The molecule has 17 heavy (non-hydrogen) atoms. The van der Waals surface area contributed by atoms with Crippen molar-refractivity contribution in [2.45, 2.75) is 18.8 Å². The highest BCUT2D eigenvalue weighted by molar-refractivity contribution is 6.30. The predicted molar refractivity (Wildman–Crippen MR) is 69.7 cm³/mol. The van der Waals surface area contributed by atoms with Gasteiger partial charge in [0.25, 0.3) is 0 Å². The van der Waals surface area contributed by atoms with Crippen LogP contribution < -0.4 is 0 Å². The molecule has 1 nitrogen and oxygen atoms in total. The predicted octanol–water partition coefficient (Wildman–Crippen LogP) is 4.12. The summed E-state index contributed by atoms with van der Waals surface area (Å²) < 4.78 is 0. The quantitative estimate of drug-likeness (QED) is 0.800. The van der Waals surface area contributed by atoms with Gasteiger partial charge in [-0.25, -0.2) is 0 Å². The van der Waals surface area contributed by atoms with Crippen molar-refractivity contribution >= 4 is 11.6 Å². The normalized spacial score (nSPS) is 18.1. The smallest absolute Gasteiger partial charge is 0.115 e. The third-order valence-corrected chi connectivity index (χ3v) is 3.71. The van der Waals surface area contributed by atoms with Gasteiger partial charge in [-0.15, -0.1) is 0 Å². The molecule has 0 saturated heterocycles. The first-order valence-electron chi connectivity index (χ1n) is 5.81. The molecule has 0 amide bonds. The molecule has 0 radical (unpaired) electrons. The van der Waals surface area contributed by atoms with Crippen molar-refractivity contribution in [1.82, 2.24) is 0 Å². The zero-order chi connectivity index (χ0) is 11.8. The molecule has 0 heterocycles. The summed E-state index contributed by atoms with van der Waals surface area (Å²) in [5, 5.41) is 10.1. The Morgan fingerprint density at radius 1 is 1.06 bits per heavy atom. The van der Waals surface area contributed by atoms with Crippen LogP contribution in [0.5, 0.6) is 5.75 Å². The van der Waals surface area contributed by atoms with Crippen LogP contribution in [0.15, 0.2) is 42.5 Å². The molecule has 0 aliphatic heterocycles. The minimum absolute atomic E-state index is 0.322. The number of halogens is 1. The van der Waals surface area contributed by atoms with Crippen LogP contribution >= 0.6 is 11.6 Å². The van der Waals surface area contributed by atoms with Crippen molar-refractivity contribution in [3.63, 3.8) is 0 Å². The van der Waals surface area contributed by atoms with Gasteiger partial charge in [0.05, 0.1) is 0 Å². The molecule has 2 heteroatoms. The second kappa shape index (κ2) is 4.08. The van der Waals surface area contributed by atoms with Crippen molar-refractivity contribution in [3.8, 4) is 5.75 Å². The van der Waals surface area contributed by atoms with E-state index < -0.39 is 0 Å². The van der Waals surface area contributed by atoms with Gasteiger partial charge in [-0.3, -0.25) is 0 Å². The Morgan fingerprint density at radius 3 is 2.59 bits per heavy atom. The van der Waals surface area contributed by atoms with Gasteiger partial charge in [0.1, 0.15) is 5.75 Å². The number of hydrogen-bond acceptors (Lipinski definition) is 1. The maximum Gasteiger partial charge on any atom is 0.115 e. The number of aryl methyl sites for hydroxylation is 1. The van der Waals surface area contributed by atoms with Gasteiger partial charge < -0.3 is 5.11 Å². The molecule has 1 aliphatic rings. The van der Waals surface area contributed by atoms with Gasteiger partial charge in [-0.2, -0.15) is 0 Å². The number of phenolic OH excluding ortho intramolecular Hbond substituents is 1. The van der Waals surface area contributed by atoms with E-state index in [1.54, 1.807) is 12.1 Å². The first kappa shape index (κ1) is 10.7. The molecule has 86 valence electrons. The Kier molecular flexibility index (Phi) is 2.56. The van der Waals surface area contributed by atoms with E-state index in [1.807, 2.05) is 18.2 Å². The number of fused-ring (bicyclic) bond motifs is 1. The van der Waals surface area contributed by atoms with Crippen LogP contribution in [0, 0.1) is 0 Å². The van der Waals surface area contributed by atoms with Crippen molar-refractivity contribution in [1.29, 1.82) is 0 Å².